The number of likely N-dealkylation sites (tertiary alicyclic amines) is 1. The highest BCUT2D eigenvalue weighted by Gasteiger charge is 2.38. The molecular weight excluding hydrogens is 620 g/mol. The summed E-state index contributed by atoms with van der Waals surface area (Å²) in [7, 11) is 0. The number of carbonyl (C=O) groups excluding carboxylic acids is 4. The molecule has 48 heavy (non-hydrogen) atoms. The molecule has 0 unspecified atom stereocenters. The van der Waals surface area contributed by atoms with Crippen molar-refractivity contribution < 1.29 is 29.1 Å². The number of aromatic nitrogens is 2. The second kappa shape index (κ2) is 18.4. The summed E-state index contributed by atoms with van der Waals surface area (Å²) >= 11 is 0. The number of hydrogen-bond donors (Lipinski definition) is 8. The molecule has 2 heterocycles. The average Bonchev–Trinajstić information content (AvgIpc) is 3.74. The first kappa shape index (κ1) is 37.5. The van der Waals surface area contributed by atoms with Gasteiger partial charge in [0.05, 0.1) is 12.4 Å². The predicted molar refractivity (Wildman–Crippen MR) is 178 cm³/mol. The molecule has 1 aromatic heterocycles. The number of rotatable bonds is 18. The molecule has 1 aromatic carbocycles. The number of hydrogen-bond acceptors (Lipinski definition) is 8. The van der Waals surface area contributed by atoms with Gasteiger partial charge in [0.1, 0.15) is 24.2 Å². The van der Waals surface area contributed by atoms with Gasteiger partial charge >= 0.3 is 5.97 Å². The quantitative estimate of drug-likeness (QED) is 0.0554. The lowest BCUT2D eigenvalue weighted by molar-refractivity contribution is -0.149. The number of nitrogens with zero attached hydrogens (tertiary/aromatic N) is 3. The van der Waals surface area contributed by atoms with Gasteiger partial charge in [-0.3, -0.25) is 24.2 Å². The van der Waals surface area contributed by atoms with E-state index < -0.39 is 59.8 Å². The van der Waals surface area contributed by atoms with E-state index in [9.17, 15) is 29.1 Å². The number of aliphatic imine (C=N–C) groups is 1. The van der Waals surface area contributed by atoms with E-state index in [-0.39, 0.29) is 50.7 Å². The Bertz CT molecular complexity index is 1400. The molecule has 1 saturated heterocycles. The first-order chi connectivity index (χ1) is 22.8. The minimum atomic E-state index is -1.19. The monoisotopic (exact) mass is 668 g/mol. The Balaban J connectivity index is 1.80. The first-order valence-corrected chi connectivity index (χ1v) is 16.1. The molecule has 262 valence electrons. The normalized spacial score (nSPS) is 16.8. The maximum atomic E-state index is 13.8. The highest BCUT2D eigenvalue weighted by atomic mass is 16.4. The summed E-state index contributed by atoms with van der Waals surface area (Å²) in [5.41, 5.74) is 18.4. The molecule has 16 heteroatoms. The van der Waals surface area contributed by atoms with Crippen LogP contribution in [0.3, 0.4) is 0 Å². The number of H-pyrrole nitrogens is 1. The molecule has 0 saturated carbocycles. The Hall–Kier alpha value is -4.99. The number of carbonyl (C=O) groups is 5. The van der Waals surface area contributed by atoms with Crippen molar-refractivity contribution >= 4 is 35.6 Å². The number of nitrogens with two attached hydrogens (primary N) is 3. The van der Waals surface area contributed by atoms with E-state index in [0.717, 1.165) is 5.56 Å². The maximum absolute atomic E-state index is 13.8. The third-order valence-corrected chi connectivity index (χ3v) is 7.97. The van der Waals surface area contributed by atoms with Crippen LogP contribution in [0.25, 0.3) is 0 Å². The summed E-state index contributed by atoms with van der Waals surface area (Å²) in [4.78, 5) is 78.2. The zero-order valence-electron chi connectivity index (χ0n) is 27.4. The number of guanidine groups is 1. The van der Waals surface area contributed by atoms with Crippen molar-refractivity contribution in [1.29, 1.82) is 0 Å². The number of nitrogens with one attached hydrogen (secondary N) is 4. The topological polar surface area (TPSA) is 264 Å². The van der Waals surface area contributed by atoms with Crippen LogP contribution < -0.4 is 33.2 Å². The van der Waals surface area contributed by atoms with Crippen molar-refractivity contribution in [2.75, 3.05) is 13.1 Å². The fourth-order valence-electron chi connectivity index (χ4n) is 5.56. The van der Waals surface area contributed by atoms with Crippen LogP contribution in [-0.4, -0.2) is 98.8 Å². The summed E-state index contributed by atoms with van der Waals surface area (Å²) in [5.74, 6) is -3.61. The van der Waals surface area contributed by atoms with Gasteiger partial charge in [0, 0.05) is 31.4 Å². The first-order valence-electron chi connectivity index (χ1n) is 16.1. The molecule has 2 aromatic rings. The number of benzene rings is 1. The summed E-state index contributed by atoms with van der Waals surface area (Å²) < 4.78 is 0. The van der Waals surface area contributed by atoms with Crippen molar-refractivity contribution in [3.63, 3.8) is 0 Å². The predicted octanol–water partition coefficient (Wildman–Crippen LogP) is -0.848. The lowest BCUT2D eigenvalue weighted by Gasteiger charge is -2.29. The Kier molecular flexibility index (Phi) is 14.3. The number of amides is 4. The van der Waals surface area contributed by atoms with E-state index in [1.54, 1.807) is 0 Å². The van der Waals surface area contributed by atoms with Gasteiger partial charge in [-0.2, -0.15) is 0 Å². The van der Waals surface area contributed by atoms with Crippen molar-refractivity contribution in [2.45, 2.75) is 89.0 Å². The van der Waals surface area contributed by atoms with Crippen molar-refractivity contribution in [2.24, 2.45) is 28.1 Å². The Morgan fingerprint density at radius 2 is 1.67 bits per heavy atom. The highest BCUT2D eigenvalue weighted by molar-refractivity contribution is 5.95. The standard InChI is InChI=1S/C32H48N10O6/c1-19(2)14-24(40-27(43)22(33)15-20-8-4-3-5-9-20)28(44)41-25(16-21-17-36-18-38-21)29(45)39-23(10-6-12-37-32(34)35)30(46)42-13-7-11-26(42)31(47)48/h3-5,8-9,17-19,22-26H,6-7,10-16,33H2,1-2H3,(H,36,38)(H,39,45)(H,40,43)(H,41,44)(H,47,48)(H4,34,35,37)/t22-,23-,24-,25-,26-/m0/s1. The zero-order valence-corrected chi connectivity index (χ0v) is 27.4. The lowest BCUT2D eigenvalue weighted by Crippen LogP contribution is -2.59. The molecule has 1 fully saturated rings. The second-order valence-electron chi connectivity index (χ2n) is 12.4. The van der Waals surface area contributed by atoms with Gasteiger partial charge in [0.15, 0.2) is 5.96 Å². The molecule has 4 amide bonds. The van der Waals surface area contributed by atoms with Crippen molar-refractivity contribution in [3.8, 4) is 0 Å². The van der Waals surface area contributed by atoms with Gasteiger partial charge in [0.25, 0.3) is 0 Å². The summed E-state index contributed by atoms with van der Waals surface area (Å²) in [6.07, 6.45) is 4.68. The number of aliphatic carboxylic acids is 1. The van der Waals surface area contributed by atoms with Gasteiger partial charge in [0.2, 0.25) is 23.6 Å². The summed E-state index contributed by atoms with van der Waals surface area (Å²) in [6.45, 7) is 4.20. The lowest BCUT2D eigenvalue weighted by atomic mass is 10.0. The van der Waals surface area contributed by atoms with Gasteiger partial charge < -0.3 is 48.1 Å². The SMILES string of the molecule is CC(C)C[C@H](NC(=O)[C@@H](N)Cc1ccccc1)C(=O)N[C@@H](Cc1cnc[nH]1)C(=O)N[C@@H](CCCN=C(N)N)C(=O)N1CCC[C@H]1C(=O)O. The Morgan fingerprint density at radius 1 is 1.00 bits per heavy atom. The summed E-state index contributed by atoms with van der Waals surface area (Å²) in [5, 5.41) is 17.9. The van der Waals surface area contributed by atoms with Crippen LogP contribution in [-0.2, 0) is 36.8 Å². The van der Waals surface area contributed by atoms with E-state index in [4.69, 9.17) is 17.2 Å². The Morgan fingerprint density at radius 3 is 2.29 bits per heavy atom. The largest absolute Gasteiger partial charge is 0.480 e. The van der Waals surface area contributed by atoms with Gasteiger partial charge in [-0.25, -0.2) is 9.78 Å². The molecule has 1 aliphatic heterocycles. The number of imidazole rings is 1. The van der Waals surface area contributed by atoms with E-state index in [0.29, 0.717) is 25.0 Å². The van der Waals surface area contributed by atoms with Crippen LogP contribution in [0, 0.1) is 5.92 Å². The van der Waals surface area contributed by atoms with E-state index >= 15 is 0 Å². The van der Waals surface area contributed by atoms with Gasteiger partial charge in [-0.05, 0) is 50.0 Å². The molecule has 3 rings (SSSR count). The molecule has 5 atom stereocenters. The molecular formula is C32H48N10O6. The number of carboxylic acid groups (broad SMARTS) is 1. The molecule has 0 bridgehead atoms. The second-order valence-corrected chi connectivity index (χ2v) is 12.4. The van der Waals surface area contributed by atoms with Crippen LogP contribution in [0.1, 0.15) is 57.2 Å². The Labute approximate surface area is 279 Å². The van der Waals surface area contributed by atoms with E-state index in [1.165, 1.54) is 17.4 Å². The molecule has 1 aliphatic rings. The van der Waals surface area contributed by atoms with Crippen LogP contribution in [0.4, 0.5) is 0 Å². The molecule has 0 radical (unpaired) electrons. The third-order valence-electron chi connectivity index (χ3n) is 7.97. The summed E-state index contributed by atoms with van der Waals surface area (Å²) in [6, 6.07) is 4.03. The highest BCUT2D eigenvalue weighted by Crippen LogP contribution is 2.20. The minimum absolute atomic E-state index is 0.00106. The molecule has 11 N–H and O–H groups in total. The van der Waals surface area contributed by atoms with Gasteiger partial charge in [-0.15, -0.1) is 0 Å². The average molecular weight is 669 g/mol. The number of carboxylic acids is 1. The number of aromatic amines is 1. The van der Waals surface area contributed by atoms with Crippen LogP contribution >= 0.6 is 0 Å². The van der Waals surface area contributed by atoms with Crippen LogP contribution in [0.5, 0.6) is 0 Å². The van der Waals surface area contributed by atoms with Crippen molar-refractivity contribution in [3.05, 3.63) is 54.1 Å². The van der Waals surface area contributed by atoms with Crippen LogP contribution in [0.2, 0.25) is 0 Å². The van der Waals surface area contributed by atoms with Gasteiger partial charge in [-0.1, -0.05) is 44.2 Å². The fourth-order valence-corrected chi connectivity index (χ4v) is 5.56. The molecule has 16 nitrogen and oxygen atoms in total. The van der Waals surface area contributed by atoms with Crippen molar-refractivity contribution in [1.82, 2.24) is 30.8 Å². The van der Waals surface area contributed by atoms with Crippen LogP contribution in [0.15, 0.2) is 47.8 Å². The third kappa shape index (κ3) is 11.7. The van der Waals surface area contributed by atoms with E-state index in [1.807, 2.05) is 44.2 Å². The zero-order chi connectivity index (χ0) is 35.2. The molecule has 0 aliphatic carbocycles. The smallest absolute Gasteiger partial charge is 0.326 e. The minimum Gasteiger partial charge on any atom is -0.480 e. The maximum Gasteiger partial charge on any atom is 0.326 e. The fraction of sp³-hybridized carbons (Fsp3) is 0.531. The molecule has 0 spiro atoms. The van der Waals surface area contributed by atoms with E-state index in [2.05, 4.69) is 30.9 Å².